The van der Waals surface area contributed by atoms with Gasteiger partial charge in [-0.15, -0.1) is 0 Å². The number of rotatable bonds is 5. The highest BCUT2D eigenvalue weighted by Crippen LogP contribution is 2.44. The first kappa shape index (κ1) is 15.5. The molecule has 1 heterocycles. The third-order valence-electron chi connectivity index (χ3n) is 5.12. The first-order chi connectivity index (χ1) is 10.2. The van der Waals surface area contributed by atoms with Gasteiger partial charge in [0.05, 0.1) is 11.7 Å². The summed E-state index contributed by atoms with van der Waals surface area (Å²) in [5, 5.41) is 9.71. The molecule has 3 rings (SSSR count). The summed E-state index contributed by atoms with van der Waals surface area (Å²) >= 11 is 3.52. The fraction of sp³-hybridized carbons (Fsp3) is 0.667. The molecule has 1 aromatic rings. The Labute approximate surface area is 136 Å². The highest BCUT2D eigenvalue weighted by molar-refractivity contribution is 9.10. The minimum Gasteiger partial charge on any atom is -0.396 e. The minimum absolute atomic E-state index is 0.209. The van der Waals surface area contributed by atoms with E-state index < -0.39 is 0 Å². The first-order valence-corrected chi connectivity index (χ1v) is 9.01. The molecule has 116 valence electrons. The van der Waals surface area contributed by atoms with Crippen molar-refractivity contribution in [3.05, 3.63) is 34.3 Å². The van der Waals surface area contributed by atoms with Crippen molar-refractivity contribution in [1.82, 2.24) is 0 Å². The number of aliphatic hydroxyl groups excluding tert-OH is 1. The van der Waals surface area contributed by atoms with Crippen LogP contribution in [0, 0.1) is 5.92 Å². The number of benzene rings is 1. The number of aliphatic hydroxyl groups is 1. The molecule has 1 aromatic carbocycles. The second-order valence-electron chi connectivity index (χ2n) is 6.79. The van der Waals surface area contributed by atoms with Gasteiger partial charge in [0.2, 0.25) is 0 Å². The van der Waals surface area contributed by atoms with Crippen LogP contribution in [0.5, 0.6) is 0 Å². The molecule has 2 nitrogen and oxygen atoms in total. The van der Waals surface area contributed by atoms with E-state index in [9.17, 15) is 5.11 Å². The number of ether oxygens (including phenoxy) is 1. The number of halogens is 1. The van der Waals surface area contributed by atoms with E-state index in [0.717, 1.165) is 17.3 Å². The lowest BCUT2D eigenvalue weighted by Gasteiger charge is -2.25. The third-order valence-corrected chi connectivity index (χ3v) is 5.61. The Bertz CT molecular complexity index is 468. The zero-order valence-corrected chi connectivity index (χ0v) is 14.1. The van der Waals surface area contributed by atoms with Crippen molar-refractivity contribution in [2.24, 2.45) is 5.92 Å². The van der Waals surface area contributed by atoms with Crippen LogP contribution >= 0.6 is 15.9 Å². The summed E-state index contributed by atoms with van der Waals surface area (Å²) in [6.45, 7) is 0.249. The molecule has 0 radical (unpaired) electrons. The van der Waals surface area contributed by atoms with Crippen molar-refractivity contribution in [3.63, 3.8) is 0 Å². The Morgan fingerprint density at radius 3 is 2.81 bits per heavy atom. The average molecular weight is 353 g/mol. The Balaban J connectivity index is 1.55. The maximum atomic E-state index is 9.71. The summed E-state index contributed by atoms with van der Waals surface area (Å²) in [4.78, 5) is 0. The molecule has 0 bridgehead atoms. The molecule has 1 saturated heterocycles. The summed E-state index contributed by atoms with van der Waals surface area (Å²) in [6.07, 6.45) is 9.84. The second-order valence-corrected chi connectivity index (χ2v) is 7.70. The molecule has 1 saturated carbocycles. The van der Waals surface area contributed by atoms with Crippen molar-refractivity contribution < 1.29 is 9.84 Å². The molecule has 1 N–H and O–H groups in total. The molecule has 2 atom stereocenters. The zero-order chi connectivity index (χ0) is 14.7. The van der Waals surface area contributed by atoms with Gasteiger partial charge in [-0.3, -0.25) is 0 Å². The molecule has 0 amide bonds. The van der Waals surface area contributed by atoms with E-state index >= 15 is 0 Å². The molecular weight excluding hydrogens is 328 g/mol. The second kappa shape index (κ2) is 6.80. The standard InChI is InChI=1S/C18H25BrO2/c19-16-5-3-4-14(11-16)10-15(13-20)12-17-6-9-18(21-17)7-1-2-8-18/h3-5,11,15,17,20H,1-2,6-10,12-13H2. The SMILES string of the molecule is OCC(Cc1cccc(Br)c1)CC1CCC2(CCCC2)O1. The summed E-state index contributed by atoms with van der Waals surface area (Å²) in [5.74, 6) is 0.306. The van der Waals surface area contributed by atoms with Crippen LogP contribution in [-0.4, -0.2) is 23.4 Å². The fourth-order valence-corrected chi connectivity index (χ4v) is 4.49. The van der Waals surface area contributed by atoms with Crippen molar-refractivity contribution in [2.75, 3.05) is 6.61 Å². The zero-order valence-electron chi connectivity index (χ0n) is 12.6. The molecule has 1 aliphatic carbocycles. The monoisotopic (exact) mass is 352 g/mol. The van der Waals surface area contributed by atoms with E-state index in [-0.39, 0.29) is 12.2 Å². The van der Waals surface area contributed by atoms with Crippen molar-refractivity contribution in [3.8, 4) is 0 Å². The average Bonchev–Trinajstić information content (AvgIpc) is 3.09. The van der Waals surface area contributed by atoms with Crippen molar-refractivity contribution in [2.45, 2.75) is 63.1 Å². The van der Waals surface area contributed by atoms with Gasteiger partial charge in [0, 0.05) is 11.1 Å². The van der Waals surface area contributed by atoms with Gasteiger partial charge in [-0.25, -0.2) is 0 Å². The molecule has 0 aromatic heterocycles. The first-order valence-electron chi connectivity index (χ1n) is 8.22. The highest BCUT2D eigenvalue weighted by Gasteiger charge is 2.42. The van der Waals surface area contributed by atoms with E-state index in [1.54, 1.807) is 0 Å². The van der Waals surface area contributed by atoms with Gasteiger partial charge in [-0.05, 0) is 62.1 Å². The predicted molar refractivity (Wildman–Crippen MR) is 88.3 cm³/mol. The van der Waals surface area contributed by atoms with Crippen LogP contribution < -0.4 is 0 Å². The maximum absolute atomic E-state index is 9.71. The Hall–Kier alpha value is -0.380. The van der Waals surface area contributed by atoms with Gasteiger partial charge in [0.1, 0.15) is 0 Å². The van der Waals surface area contributed by atoms with E-state index in [0.29, 0.717) is 12.0 Å². The molecular formula is C18H25BrO2. The molecule has 2 fully saturated rings. The topological polar surface area (TPSA) is 29.5 Å². The summed E-state index contributed by atoms with van der Waals surface area (Å²) < 4.78 is 7.49. The number of hydrogen-bond acceptors (Lipinski definition) is 2. The third kappa shape index (κ3) is 3.88. The Morgan fingerprint density at radius 2 is 2.10 bits per heavy atom. The Morgan fingerprint density at radius 1 is 1.29 bits per heavy atom. The van der Waals surface area contributed by atoms with Gasteiger partial charge in [-0.1, -0.05) is 40.9 Å². The van der Waals surface area contributed by atoms with Crippen LogP contribution in [0.2, 0.25) is 0 Å². The quantitative estimate of drug-likeness (QED) is 0.846. The summed E-state index contributed by atoms with van der Waals surface area (Å²) in [6, 6.07) is 8.40. The summed E-state index contributed by atoms with van der Waals surface area (Å²) in [5.41, 5.74) is 1.50. The van der Waals surface area contributed by atoms with Crippen LogP contribution in [0.4, 0.5) is 0 Å². The minimum atomic E-state index is 0.209. The molecule has 2 unspecified atom stereocenters. The van der Waals surface area contributed by atoms with Gasteiger partial charge < -0.3 is 9.84 Å². The molecule has 2 aliphatic rings. The van der Waals surface area contributed by atoms with Crippen LogP contribution in [0.1, 0.15) is 50.5 Å². The predicted octanol–water partition coefficient (Wildman–Crippen LogP) is 4.48. The van der Waals surface area contributed by atoms with Crippen LogP contribution in [0.3, 0.4) is 0 Å². The smallest absolute Gasteiger partial charge is 0.0687 e. The van der Waals surface area contributed by atoms with Crippen LogP contribution in [-0.2, 0) is 11.2 Å². The Kier molecular flexibility index (Phi) is 5.03. The van der Waals surface area contributed by atoms with Gasteiger partial charge in [-0.2, -0.15) is 0 Å². The van der Waals surface area contributed by atoms with Crippen LogP contribution in [0.25, 0.3) is 0 Å². The van der Waals surface area contributed by atoms with Gasteiger partial charge >= 0.3 is 0 Å². The molecule has 3 heteroatoms. The van der Waals surface area contributed by atoms with E-state index in [1.807, 2.05) is 6.07 Å². The van der Waals surface area contributed by atoms with Crippen molar-refractivity contribution in [1.29, 1.82) is 0 Å². The normalized spacial score (nSPS) is 25.5. The lowest BCUT2D eigenvalue weighted by molar-refractivity contribution is -0.0466. The van der Waals surface area contributed by atoms with E-state index in [4.69, 9.17) is 4.74 Å². The van der Waals surface area contributed by atoms with Gasteiger partial charge in [0.25, 0.3) is 0 Å². The summed E-state index contributed by atoms with van der Waals surface area (Å²) in [7, 11) is 0. The molecule has 21 heavy (non-hydrogen) atoms. The lowest BCUT2D eigenvalue weighted by atomic mass is 9.92. The van der Waals surface area contributed by atoms with Crippen molar-refractivity contribution >= 4 is 15.9 Å². The van der Waals surface area contributed by atoms with Gasteiger partial charge in [0.15, 0.2) is 0 Å². The largest absolute Gasteiger partial charge is 0.396 e. The number of hydrogen-bond donors (Lipinski definition) is 1. The fourth-order valence-electron chi connectivity index (χ4n) is 4.04. The maximum Gasteiger partial charge on any atom is 0.0687 e. The van der Waals surface area contributed by atoms with E-state index in [1.165, 1.54) is 44.1 Å². The molecule has 1 aliphatic heterocycles. The lowest BCUT2D eigenvalue weighted by Crippen LogP contribution is -2.26. The van der Waals surface area contributed by atoms with Crippen LogP contribution in [0.15, 0.2) is 28.7 Å². The molecule has 1 spiro atoms. The highest BCUT2D eigenvalue weighted by atomic mass is 79.9. The van der Waals surface area contributed by atoms with E-state index in [2.05, 4.69) is 34.1 Å².